The molecule has 3 N–H and O–H groups in total. The number of amides is 1. The van der Waals surface area contributed by atoms with Gasteiger partial charge in [-0.2, -0.15) is 0 Å². The molecule has 3 nitrogen and oxygen atoms in total. The number of fused-ring (bicyclic) bond motifs is 1. The first-order chi connectivity index (χ1) is 6.75. The molecule has 1 aromatic carbocycles. The van der Waals surface area contributed by atoms with Crippen molar-refractivity contribution >= 4 is 5.91 Å². The Bertz CT molecular complexity index is 349. The van der Waals surface area contributed by atoms with E-state index in [0.717, 1.165) is 13.0 Å². The van der Waals surface area contributed by atoms with E-state index >= 15 is 0 Å². The third kappa shape index (κ3) is 1.93. The molecule has 0 saturated heterocycles. The maximum absolute atomic E-state index is 10.8. The van der Waals surface area contributed by atoms with Crippen molar-refractivity contribution < 1.29 is 4.79 Å². The molecule has 2 rings (SSSR count). The number of nitrogens with two attached hydrogens (primary N) is 1. The lowest BCUT2D eigenvalue weighted by molar-refractivity contribution is -0.118. The van der Waals surface area contributed by atoms with E-state index in [1.165, 1.54) is 11.1 Å². The quantitative estimate of drug-likeness (QED) is 0.716. The summed E-state index contributed by atoms with van der Waals surface area (Å²) >= 11 is 0. The maximum atomic E-state index is 10.8. The number of benzene rings is 1. The molecular weight excluding hydrogens is 176 g/mol. The smallest absolute Gasteiger partial charge is 0.218 e. The van der Waals surface area contributed by atoms with E-state index in [4.69, 9.17) is 5.73 Å². The van der Waals surface area contributed by atoms with E-state index in [0.29, 0.717) is 6.42 Å². The second kappa shape index (κ2) is 3.80. The molecule has 0 aromatic heterocycles. The van der Waals surface area contributed by atoms with Gasteiger partial charge in [-0.15, -0.1) is 0 Å². The van der Waals surface area contributed by atoms with Crippen molar-refractivity contribution in [2.24, 2.45) is 5.73 Å². The SMILES string of the molecule is NC(=O)CC1Cc2ccccc2CN1. The lowest BCUT2D eigenvalue weighted by Crippen LogP contribution is -2.38. The summed E-state index contributed by atoms with van der Waals surface area (Å²) in [6.07, 6.45) is 1.33. The van der Waals surface area contributed by atoms with Gasteiger partial charge in [-0.25, -0.2) is 0 Å². The van der Waals surface area contributed by atoms with Gasteiger partial charge >= 0.3 is 0 Å². The molecule has 0 radical (unpaired) electrons. The molecule has 0 fully saturated rings. The summed E-state index contributed by atoms with van der Waals surface area (Å²) in [5, 5.41) is 3.31. The van der Waals surface area contributed by atoms with Crippen molar-refractivity contribution in [3.8, 4) is 0 Å². The zero-order chi connectivity index (χ0) is 9.97. The first kappa shape index (κ1) is 9.21. The van der Waals surface area contributed by atoms with Gasteiger partial charge in [0.25, 0.3) is 0 Å². The van der Waals surface area contributed by atoms with Crippen LogP contribution in [0.1, 0.15) is 17.5 Å². The Kier molecular flexibility index (Phi) is 2.50. The van der Waals surface area contributed by atoms with Crippen LogP contribution in [0.15, 0.2) is 24.3 Å². The molecular formula is C11H14N2O. The van der Waals surface area contributed by atoms with Crippen LogP contribution < -0.4 is 11.1 Å². The minimum absolute atomic E-state index is 0.211. The number of rotatable bonds is 2. The molecule has 3 heteroatoms. The van der Waals surface area contributed by atoms with Crippen LogP contribution in [0.4, 0.5) is 0 Å². The molecule has 1 aliphatic heterocycles. The summed E-state index contributed by atoms with van der Waals surface area (Å²) in [4.78, 5) is 10.8. The van der Waals surface area contributed by atoms with Crippen LogP contribution in [-0.2, 0) is 17.8 Å². The summed E-state index contributed by atoms with van der Waals surface area (Å²) in [6, 6.07) is 8.51. The van der Waals surface area contributed by atoms with Gasteiger partial charge < -0.3 is 11.1 Å². The van der Waals surface area contributed by atoms with E-state index in [2.05, 4.69) is 17.4 Å². The minimum atomic E-state index is -0.234. The highest BCUT2D eigenvalue weighted by Crippen LogP contribution is 2.17. The first-order valence-electron chi connectivity index (χ1n) is 4.84. The van der Waals surface area contributed by atoms with Crippen molar-refractivity contribution in [2.45, 2.75) is 25.4 Å². The number of nitrogens with one attached hydrogen (secondary N) is 1. The average Bonchev–Trinajstić information content (AvgIpc) is 2.17. The summed E-state index contributed by atoms with van der Waals surface area (Å²) in [6.45, 7) is 0.841. The molecule has 1 amide bonds. The third-order valence-corrected chi connectivity index (χ3v) is 2.61. The Balaban J connectivity index is 2.09. The van der Waals surface area contributed by atoms with Crippen LogP contribution in [0.25, 0.3) is 0 Å². The van der Waals surface area contributed by atoms with E-state index in [1.54, 1.807) is 0 Å². The molecule has 1 unspecified atom stereocenters. The van der Waals surface area contributed by atoms with Crippen LogP contribution in [0, 0.1) is 0 Å². The Morgan fingerprint density at radius 3 is 2.86 bits per heavy atom. The van der Waals surface area contributed by atoms with Crippen molar-refractivity contribution in [2.75, 3.05) is 0 Å². The molecule has 0 bridgehead atoms. The van der Waals surface area contributed by atoms with Crippen LogP contribution >= 0.6 is 0 Å². The summed E-state index contributed by atoms with van der Waals surface area (Å²) in [5.41, 5.74) is 7.82. The standard InChI is InChI=1S/C11H14N2O/c12-11(14)6-10-5-8-3-1-2-4-9(8)7-13-10/h1-4,10,13H,5-7H2,(H2,12,14). The molecule has 1 aromatic rings. The number of hydrogen-bond acceptors (Lipinski definition) is 2. The fraction of sp³-hybridized carbons (Fsp3) is 0.364. The molecule has 1 aliphatic rings. The van der Waals surface area contributed by atoms with Crippen LogP contribution in [0.2, 0.25) is 0 Å². The maximum Gasteiger partial charge on any atom is 0.218 e. The van der Waals surface area contributed by atoms with Gasteiger partial charge in [-0.3, -0.25) is 4.79 Å². The summed E-state index contributed by atoms with van der Waals surface area (Å²) in [5.74, 6) is -0.234. The second-order valence-corrected chi connectivity index (χ2v) is 3.72. The lowest BCUT2D eigenvalue weighted by Gasteiger charge is -2.25. The predicted molar refractivity (Wildman–Crippen MR) is 54.6 cm³/mol. The molecule has 0 saturated carbocycles. The average molecular weight is 190 g/mol. The Hall–Kier alpha value is -1.35. The van der Waals surface area contributed by atoms with Gasteiger partial charge in [0.2, 0.25) is 5.91 Å². The van der Waals surface area contributed by atoms with Crippen LogP contribution in [0.3, 0.4) is 0 Å². The second-order valence-electron chi connectivity index (χ2n) is 3.72. The van der Waals surface area contributed by atoms with E-state index in [1.807, 2.05) is 12.1 Å². The zero-order valence-corrected chi connectivity index (χ0v) is 7.99. The predicted octanol–water partition coefficient (Wildman–Crippen LogP) is 0.576. The number of hydrogen-bond donors (Lipinski definition) is 2. The largest absolute Gasteiger partial charge is 0.370 e. The molecule has 0 aliphatic carbocycles. The molecule has 1 atom stereocenters. The van der Waals surface area contributed by atoms with Gasteiger partial charge in [-0.1, -0.05) is 24.3 Å². The highest BCUT2D eigenvalue weighted by molar-refractivity contribution is 5.74. The number of carbonyl (C=O) groups is 1. The van der Waals surface area contributed by atoms with Crippen molar-refractivity contribution in [1.82, 2.24) is 5.32 Å². The number of carbonyl (C=O) groups excluding carboxylic acids is 1. The fourth-order valence-corrected chi connectivity index (χ4v) is 1.91. The highest BCUT2D eigenvalue weighted by Gasteiger charge is 2.18. The van der Waals surface area contributed by atoms with Gasteiger partial charge in [0, 0.05) is 19.0 Å². The van der Waals surface area contributed by atoms with Gasteiger partial charge in [-0.05, 0) is 17.5 Å². The topological polar surface area (TPSA) is 55.1 Å². The highest BCUT2D eigenvalue weighted by atomic mass is 16.1. The summed E-state index contributed by atoms with van der Waals surface area (Å²) in [7, 11) is 0. The number of primary amides is 1. The first-order valence-corrected chi connectivity index (χ1v) is 4.84. The molecule has 14 heavy (non-hydrogen) atoms. The van der Waals surface area contributed by atoms with Gasteiger partial charge in [0.15, 0.2) is 0 Å². The zero-order valence-electron chi connectivity index (χ0n) is 7.99. The van der Waals surface area contributed by atoms with Crippen LogP contribution in [0.5, 0.6) is 0 Å². The van der Waals surface area contributed by atoms with Crippen LogP contribution in [-0.4, -0.2) is 11.9 Å². The lowest BCUT2D eigenvalue weighted by atomic mass is 9.94. The van der Waals surface area contributed by atoms with Gasteiger partial charge in [0.05, 0.1) is 0 Å². The van der Waals surface area contributed by atoms with E-state index in [9.17, 15) is 4.79 Å². The van der Waals surface area contributed by atoms with Crippen molar-refractivity contribution in [1.29, 1.82) is 0 Å². The minimum Gasteiger partial charge on any atom is -0.370 e. The summed E-state index contributed by atoms with van der Waals surface area (Å²) < 4.78 is 0. The fourth-order valence-electron chi connectivity index (χ4n) is 1.91. The molecule has 74 valence electrons. The van der Waals surface area contributed by atoms with E-state index < -0.39 is 0 Å². The van der Waals surface area contributed by atoms with Gasteiger partial charge in [0.1, 0.15) is 0 Å². The third-order valence-electron chi connectivity index (χ3n) is 2.61. The Morgan fingerprint density at radius 2 is 2.14 bits per heavy atom. The molecule has 0 spiro atoms. The monoisotopic (exact) mass is 190 g/mol. The Morgan fingerprint density at radius 1 is 1.43 bits per heavy atom. The Labute approximate surface area is 83.3 Å². The van der Waals surface area contributed by atoms with Crippen molar-refractivity contribution in [3.63, 3.8) is 0 Å². The van der Waals surface area contributed by atoms with Crippen molar-refractivity contribution in [3.05, 3.63) is 35.4 Å². The normalized spacial score (nSPS) is 20.1. The molecule has 1 heterocycles. The van der Waals surface area contributed by atoms with E-state index in [-0.39, 0.29) is 11.9 Å².